The largest absolute Gasteiger partial charge is 0.435 e. The van der Waals surface area contributed by atoms with Crippen LogP contribution in [0.5, 0.6) is 0 Å². The maximum absolute atomic E-state index is 11.3. The second kappa shape index (κ2) is 6.48. The molecule has 1 N–H and O–H groups in total. The minimum absolute atomic E-state index is 0.0112. The zero-order valence-corrected chi connectivity index (χ0v) is 10.6. The molecule has 0 fully saturated rings. The summed E-state index contributed by atoms with van der Waals surface area (Å²) in [6.45, 7) is -0.669. The predicted octanol–water partition coefficient (Wildman–Crippen LogP) is 0.312. The molecule has 1 aromatic rings. The van der Waals surface area contributed by atoms with E-state index < -0.39 is 22.9 Å². The molecule has 0 saturated heterocycles. The summed E-state index contributed by atoms with van der Waals surface area (Å²) >= 11 is 0. The summed E-state index contributed by atoms with van der Waals surface area (Å²) in [7, 11) is -3.45. The number of aliphatic hydroxyl groups is 1. The fraction of sp³-hybridized carbons (Fsp3) is 0.364. The fourth-order valence-corrected chi connectivity index (χ4v) is 1.69. The Morgan fingerprint density at radius 2 is 2.11 bits per heavy atom. The van der Waals surface area contributed by atoms with Gasteiger partial charge in [-0.1, -0.05) is 12.1 Å². The molecule has 0 aliphatic rings. The van der Waals surface area contributed by atoms with Gasteiger partial charge in [-0.2, -0.15) is 8.42 Å². The van der Waals surface area contributed by atoms with Gasteiger partial charge in [0.2, 0.25) is 0 Å². The van der Waals surface area contributed by atoms with Crippen LogP contribution in [0.3, 0.4) is 0 Å². The number of esters is 1. The SMILES string of the molecule is CS(=O)(=O)OCCc1cccc(C(=O)OCO)c1. The van der Waals surface area contributed by atoms with Crippen LogP contribution in [0.2, 0.25) is 0 Å². The predicted molar refractivity (Wildman–Crippen MR) is 63.4 cm³/mol. The average Bonchev–Trinajstić information content (AvgIpc) is 2.28. The van der Waals surface area contributed by atoms with E-state index in [-0.39, 0.29) is 6.61 Å². The Kier molecular flexibility index (Phi) is 5.26. The van der Waals surface area contributed by atoms with Crippen molar-refractivity contribution in [2.45, 2.75) is 6.42 Å². The molecule has 0 radical (unpaired) electrons. The highest BCUT2D eigenvalue weighted by atomic mass is 32.2. The topological polar surface area (TPSA) is 89.9 Å². The third-order valence-electron chi connectivity index (χ3n) is 2.05. The van der Waals surface area contributed by atoms with Gasteiger partial charge in [0, 0.05) is 0 Å². The van der Waals surface area contributed by atoms with Crippen LogP contribution in [0.15, 0.2) is 24.3 Å². The molecule has 7 heteroatoms. The molecule has 6 nitrogen and oxygen atoms in total. The first-order valence-corrected chi connectivity index (χ1v) is 6.95. The van der Waals surface area contributed by atoms with Crippen molar-refractivity contribution < 1.29 is 27.2 Å². The van der Waals surface area contributed by atoms with Gasteiger partial charge in [-0.3, -0.25) is 4.18 Å². The molecule has 1 rings (SSSR count). The lowest BCUT2D eigenvalue weighted by atomic mass is 10.1. The van der Waals surface area contributed by atoms with E-state index in [1.807, 2.05) is 0 Å². The van der Waals surface area contributed by atoms with E-state index in [2.05, 4.69) is 8.92 Å². The Morgan fingerprint density at radius 3 is 2.72 bits per heavy atom. The van der Waals surface area contributed by atoms with E-state index in [0.29, 0.717) is 12.0 Å². The maximum atomic E-state index is 11.3. The highest BCUT2D eigenvalue weighted by molar-refractivity contribution is 7.85. The number of carbonyl (C=O) groups excluding carboxylic acids is 1. The van der Waals surface area contributed by atoms with E-state index in [1.54, 1.807) is 24.3 Å². The molecule has 0 unspecified atom stereocenters. The van der Waals surface area contributed by atoms with Crippen molar-refractivity contribution >= 4 is 16.1 Å². The normalized spacial score (nSPS) is 11.2. The van der Waals surface area contributed by atoms with E-state index in [9.17, 15) is 13.2 Å². The zero-order valence-electron chi connectivity index (χ0n) is 9.83. The number of benzene rings is 1. The number of aliphatic hydroxyl groups excluding tert-OH is 1. The number of rotatable bonds is 6. The second-order valence-corrected chi connectivity index (χ2v) is 5.18. The van der Waals surface area contributed by atoms with Crippen LogP contribution >= 0.6 is 0 Å². The van der Waals surface area contributed by atoms with Crippen LogP contribution in [-0.2, 0) is 25.5 Å². The van der Waals surface area contributed by atoms with Crippen molar-refractivity contribution in [3.8, 4) is 0 Å². The van der Waals surface area contributed by atoms with Gasteiger partial charge in [0.1, 0.15) is 0 Å². The standard InChI is InChI=1S/C11H14O6S/c1-18(14,15)17-6-5-9-3-2-4-10(7-9)11(13)16-8-12/h2-4,7,12H,5-6,8H2,1H3. The molecule has 0 saturated carbocycles. The van der Waals surface area contributed by atoms with Crippen LogP contribution in [0.25, 0.3) is 0 Å². The number of ether oxygens (including phenoxy) is 1. The Hall–Kier alpha value is -1.44. The van der Waals surface area contributed by atoms with Gasteiger partial charge < -0.3 is 9.84 Å². The molecular weight excluding hydrogens is 260 g/mol. The first kappa shape index (κ1) is 14.6. The Labute approximate surface area is 105 Å². The molecule has 0 bridgehead atoms. The molecule has 0 atom stereocenters. The van der Waals surface area contributed by atoms with Gasteiger partial charge in [0.25, 0.3) is 10.1 Å². The monoisotopic (exact) mass is 274 g/mol. The average molecular weight is 274 g/mol. The van der Waals surface area contributed by atoms with Crippen LogP contribution in [0.1, 0.15) is 15.9 Å². The van der Waals surface area contributed by atoms with Crippen LogP contribution in [-0.4, -0.2) is 39.1 Å². The lowest BCUT2D eigenvalue weighted by Crippen LogP contribution is -2.08. The number of carbonyl (C=O) groups is 1. The molecule has 0 spiro atoms. The second-order valence-electron chi connectivity index (χ2n) is 3.54. The van der Waals surface area contributed by atoms with E-state index in [1.165, 1.54) is 0 Å². The lowest BCUT2D eigenvalue weighted by molar-refractivity contribution is 0.00682. The smallest absolute Gasteiger partial charge is 0.340 e. The minimum atomic E-state index is -3.45. The van der Waals surface area contributed by atoms with Crippen molar-refractivity contribution in [1.29, 1.82) is 0 Å². The lowest BCUT2D eigenvalue weighted by Gasteiger charge is -2.05. The molecule has 0 aliphatic heterocycles. The molecular formula is C11H14O6S. The van der Waals surface area contributed by atoms with Crippen molar-refractivity contribution in [3.63, 3.8) is 0 Å². The molecule has 0 heterocycles. The number of hydrogen-bond acceptors (Lipinski definition) is 6. The Morgan fingerprint density at radius 1 is 1.39 bits per heavy atom. The quantitative estimate of drug-likeness (QED) is 0.456. The Bertz CT molecular complexity index is 508. The van der Waals surface area contributed by atoms with Crippen LogP contribution < -0.4 is 0 Å². The van der Waals surface area contributed by atoms with Crippen LogP contribution in [0.4, 0.5) is 0 Å². The molecule has 0 aliphatic carbocycles. The fourth-order valence-electron chi connectivity index (χ4n) is 1.31. The molecule has 1 aromatic carbocycles. The van der Waals surface area contributed by atoms with E-state index in [0.717, 1.165) is 11.8 Å². The number of hydrogen-bond donors (Lipinski definition) is 1. The van der Waals surface area contributed by atoms with Crippen molar-refractivity contribution in [2.24, 2.45) is 0 Å². The summed E-state index contributed by atoms with van der Waals surface area (Å²) in [5, 5.41) is 8.47. The third-order valence-corrected chi connectivity index (χ3v) is 2.64. The Balaban J connectivity index is 2.62. The summed E-state index contributed by atoms with van der Waals surface area (Å²) in [6, 6.07) is 6.48. The zero-order chi connectivity index (χ0) is 13.6. The first-order chi connectivity index (χ1) is 8.42. The molecule has 18 heavy (non-hydrogen) atoms. The summed E-state index contributed by atoms with van der Waals surface area (Å²) in [4.78, 5) is 11.3. The van der Waals surface area contributed by atoms with Crippen LogP contribution in [0, 0.1) is 0 Å². The van der Waals surface area contributed by atoms with Gasteiger partial charge >= 0.3 is 5.97 Å². The molecule has 100 valence electrons. The van der Waals surface area contributed by atoms with Gasteiger partial charge in [-0.05, 0) is 24.1 Å². The first-order valence-electron chi connectivity index (χ1n) is 5.13. The molecule has 0 aromatic heterocycles. The van der Waals surface area contributed by atoms with Gasteiger partial charge in [-0.25, -0.2) is 4.79 Å². The van der Waals surface area contributed by atoms with Crippen molar-refractivity contribution in [3.05, 3.63) is 35.4 Å². The molecule has 0 amide bonds. The van der Waals surface area contributed by atoms with Gasteiger partial charge in [0.15, 0.2) is 6.79 Å². The highest BCUT2D eigenvalue weighted by Gasteiger charge is 2.07. The van der Waals surface area contributed by atoms with Gasteiger partial charge in [0.05, 0.1) is 18.4 Å². The highest BCUT2D eigenvalue weighted by Crippen LogP contribution is 2.08. The van der Waals surface area contributed by atoms with Gasteiger partial charge in [-0.15, -0.1) is 0 Å². The summed E-state index contributed by atoms with van der Waals surface area (Å²) in [5.41, 5.74) is 1.03. The van der Waals surface area contributed by atoms with E-state index in [4.69, 9.17) is 5.11 Å². The third kappa shape index (κ3) is 5.26. The van der Waals surface area contributed by atoms with Crippen molar-refractivity contribution in [2.75, 3.05) is 19.7 Å². The maximum Gasteiger partial charge on any atom is 0.340 e. The minimum Gasteiger partial charge on any atom is -0.435 e. The summed E-state index contributed by atoms with van der Waals surface area (Å²) in [6.07, 6.45) is 1.33. The van der Waals surface area contributed by atoms with Crippen molar-refractivity contribution in [1.82, 2.24) is 0 Å². The van der Waals surface area contributed by atoms with E-state index >= 15 is 0 Å². The summed E-state index contributed by atoms with van der Waals surface area (Å²) in [5.74, 6) is -0.636. The summed E-state index contributed by atoms with van der Waals surface area (Å²) < 4.78 is 30.5.